The fourth-order valence-electron chi connectivity index (χ4n) is 3.36. The van der Waals surface area contributed by atoms with Crippen molar-refractivity contribution in [2.24, 2.45) is 0 Å². The molecule has 0 atom stereocenters. The van der Waals surface area contributed by atoms with Crippen LogP contribution in [0.5, 0.6) is 0 Å². The molecule has 0 aliphatic carbocycles. The van der Waals surface area contributed by atoms with Crippen molar-refractivity contribution in [1.82, 2.24) is 3.97 Å². The van der Waals surface area contributed by atoms with Gasteiger partial charge < -0.3 is 4.74 Å². The van der Waals surface area contributed by atoms with Crippen molar-refractivity contribution in [3.8, 4) is 0 Å². The van der Waals surface area contributed by atoms with Gasteiger partial charge in [0.25, 0.3) is 10.0 Å². The van der Waals surface area contributed by atoms with E-state index in [2.05, 4.69) is 0 Å². The van der Waals surface area contributed by atoms with Crippen LogP contribution < -0.4 is 0 Å². The van der Waals surface area contributed by atoms with Gasteiger partial charge in [-0.1, -0.05) is 48.9 Å². The van der Waals surface area contributed by atoms with E-state index in [1.165, 1.54) is 16.2 Å². The molecule has 3 aromatic rings. The Morgan fingerprint density at radius 2 is 1.75 bits per heavy atom. The molecule has 32 heavy (non-hydrogen) atoms. The maximum atomic E-state index is 13.3. The molecule has 0 saturated heterocycles. The van der Waals surface area contributed by atoms with E-state index in [-0.39, 0.29) is 17.1 Å². The molecule has 166 valence electrons. The minimum absolute atomic E-state index is 0.155. The van der Waals surface area contributed by atoms with Gasteiger partial charge in [0.15, 0.2) is 0 Å². The molecule has 0 bridgehead atoms. The van der Waals surface area contributed by atoms with Crippen LogP contribution in [0.3, 0.4) is 0 Å². The van der Waals surface area contributed by atoms with Crippen molar-refractivity contribution in [3.05, 3.63) is 83.1 Å². The van der Waals surface area contributed by atoms with E-state index in [9.17, 15) is 18.0 Å². The first-order valence-corrected chi connectivity index (χ1v) is 11.7. The van der Waals surface area contributed by atoms with Gasteiger partial charge in [-0.05, 0) is 44.5 Å². The highest BCUT2D eigenvalue weighted by Crippen LogP contribution is 2.27. The van der Waals surface area contributed by atoms with Gasteiger partial charge in [-0.25, -0.2) is 17.2 Å². The van der Waals surface area contributed by atoms with Crippen LogP contribution in [0.2, 0.25) is 0 Å². The van der Waals surface area contributed by atoms with Crippen LogP contribution in [0.4, 0.5) is 0 Å². The molecule has 3 rings (SSSR count). The number of hydrogen-bond acceptors (Lipinski definition) is 5. The van der Waals surface area contributed by atoms with Crippen LogP contribution >= 0.6 is 0 Å². The molecule has 1 aromatic heterocycles. The number of allylic oxidation sites excluding steroid dienone is 1. The molecule has 1 heterocycles. The zero-order chi connectivity index (χ0) is 23.3. The number of rotatable bonds is 8. The Morgan fingerprint density at radius 1 is 1.06 bits per heavy atom. The van der Waals surface area contributed by atoms with Crippen LogP contribution in [0.1, 0.15) is 31.4 Å². The highest BCUT2D eigenvalue weighted by atomic mass is 32.2. The van der Waals surface area contributed by atoms with Crippen molar-refractivity contribution >= 4 is 39.3 Å². The minimum Gasteiger partial charge on any atom is -0.462 e. The zero-order valence-corrected chi connectivity index (χ0v) is 19.1. The average molecular weight is 452 g/mol. The lowest BCUT2D eigenvalue weighted by molar-refractivity contribution is -0.138. The van der Waals surface area contributed by atoms with Gasteiger partial charge in [0, 0.05) is 22.7 Å². The molecule has 7 heteroatoms. The van der Waals surface area contributed by atoms with Crippen LogP contribution in [-0.4, -0.2) is 31.3 Å². The highest BCUT2D eigenvalue weighted by molar-refractivity contribution is 7.90. The fourth-order valence-corrected chi connectivity index (χ4v) is 4.73. The normalized spacial score (nSPS) is 12.7. The number of ether oxygens (including phenoxy) is 1. The first-order chi connectivity index (χ1) is 15.3. The summed E-state index contributed by atoms with van der Waals surface area (Å²) >= 11 is 0. The van der Waals surface area contributed by atoms with E-state index in [0.717, 1.165) is 5.56 Å². The Bertz CT molecular complexity index is 1310. The molecular weight excluding hydrogens is 426 g/mol. The standard InChI is InChI=1S/C25H25NO5S/c1-4-19(17-27)23(25(28)31-5-2)15-12-20-16-26(24-9-7-6-8-22(20)24)32(29,30)21-13-10-18(3)11-14-21/h6-17H,4-5H2,1-3H3/b15-12+,23-19+. The van der Waals surface area contributed by atoms with Gasteiger partial charge in [-0.15, -0.1) is 0 Å². The second kappa shape index (κ2) is 9.78. The molecule has 0 N–H and O–H groups in total. The number of fused-ring (bicyclic) bond motifs is 1. The van der Waals surface area contributed by atoms with E-state index in [0.29, 0.717) is 34.7 Å². The predicted octanol–water partition coefficient (Wildman–Crippen LogP) is 4.67. The third-order valence-electron chi connectivity index (χ3n) is 5.08. The number of carbonyl (C=O) groups excluding carboxylic acids is 2. The quantitative estimate of drug-likeness (QED) is 0.215. The summed E-state index contributed by atoms with van der Waals surface area (Å²) < 4.78 is 32.9. The van der Waals surface area contributed by atoms with Gasteiger partial charge >= 0.3 is 5.97 Å². The first kappa shape index (κ1) is 23.2. The van der Waals surface area contributed by atoms with Gasteiger partial charge in [0.1, 0.15) is 6.29 Å². The Hall–Kier alpha value is -3.45. The number of aldehydes is 1. The van der Waals surface area contributed by atoms with Crippen LogP contribution in [-0.2, 0) is 24.3 Å². The molecule has 0 unspecified atom stereocenters. The topological polar surface area (TPSA) is 82.4 Å². The van der Waals surface area contributed by atoms with E-state index in [1.54, 1.807) is 56.3 Å². The Labute approximate surface area is 187 Å². The SMILES string of the molecule is CCOC(=O)C(/C=C/c1cn(S(=O)(=O)c2ccc(C)cc2)c2ccccc12)=C(/C=O)CC. The lowest BCUT2D eigenvalue weighted by Gasteiger charge is -2.07. The molecule has 0 aliphatic rings. The highest BCUT2D eigenvalue weighted by Gasteiger charge is 2.21. The summed E-state index contributed by atoms with van der Waals surface area (Å²) in [6, 6.07) is 13.8. The number of hydrogen-bond donors (Lipinski definition) is 0. The minimum atomic E-state index is -3.83. The van der Waals surface area contributed by atoms with Crippen LogP contribution in [0, 0.1) is 6.92 Å². The molecule has 2 aromatic carbocycles. The zero-order valence-electron chi connectivity index (χ0n) is 18.2. The molecule has 0 radical (unpaired) electrons. The summed E-state index contributed by atoms with van der Waals surface area (Å²) in [6.45, 7) is 5.54. The molecule has 0 saturated carbocycles. The molecule has 0 amide bonds. The molecule has 0 aliphatic heterocycles. The van der Waals surface area contributed by atoms with Crippen LogP contribution in [0.25, 0.3) is 17.0 Å². The van der Waals surface area contributed by atoms with Gasteiger partial charge in [0.2, 0.25) is 0 Å². The first-order valence-electron chi connectivity index (χ1n) is 10.3. The number of aryl methyl sites for hydroxylation is 1. The second-order valence-corrected chi connectivity index (χ2v) is 8.99. The van der Waals surface area contributed by atoms with E-state index < -0.39 is 16.0 Å². The number of carbonyl (C=O) groups is 2. The van der Waals surface area contributed by atoms with Crippen molar-refractivity contribution in [2.75, 3.05) is 6.61 Å². The maximum absolute atomic E-state index is 13.3. The number of esters is 1. The third kappa shape index (κ3) is 4.57. The summed E-state index contributed by atoms with van der Waals surface area (Å²) in [4.78, 5) is 24.0. The van der Waals surface area contributed by atoms with Crippen molar-refractivity contribution < 1.29 is 22.7 Å². The maximum Gasteiger partial charge on any atom is 0.338 e. The van der Waals surface area contributed by atoms with E-state index >= 15 is 0 Å². The third-order valence-corrected chi connectivity index (χ3v) is 6.77. The summed E-state index contributed by atoms with van der Waals surface area (Å²) in [5.41, 5.74) is 2.54. The van der Waals surface area contributed by atoms with E-state index in [1.807, 2.05) is 19.1 Å². The largest absolute Gasteiger partial charge is 0.462 e. The fraction of sp³-hybridized carbons (Fsp3) is 0.200. The van der Waals surface area contributed by atoms with Crippen molar-refractivity contribution in [3.63, 3.8) is 0 Å². The average Bonchev–Trinajstić information content (AvgIpc) is 3.16. The van der Waals surface area contributed by atoms with Crippen molar-refractivity contribution in [2.45, 2.75) is 32.1 Å². The Kier molecular flexibility index (Phi) is 7.10. The number of nitrogens with zero attached hydrogens (tertiary/aromatic N) is 1. The number of para-hydroxylation sites is 1. The lowest BCUT2D eigenvalue weighted by atomic mass is 10.0. The number of benzene rings is 2. The molecular formula is C25H25NO5S. The molecule has 0 spiro atoms. The van der Waals surface area contributed by atoms with Gasteiger partial charge in [-0.3, -0.25) is 4.79 Å². The van der Waals surface area contributed by atoms with E-state index in [4.69, 9.17) is 4.74 Å². The summed E-state index contributed by atoms with van der Waals surface area (Å²) in [6.07, 6.45) is 5.67. The summed E-state index contributed by atoms with van der Waals surface area (Å²) in [5, 5.41) is 0.701. The number of aromatic nitrogens is 1. The predicted molar refractivity (Wildman–Crippen MR) is 125 cm³/mol. The molecule has 0 fully saturated rings. The second-order valence-electron chi connectivity index (χ2n) is 7.18. The smallest absolute Gasteiger partial charge is 0.338 e. The lowest BCUT2D eigenvalue weighted by Crippen LogP contribution is -2.11. The summed E-state index contributed by atoms with van der Waals surface area (Å²) in [5.74, 6) is -0.594. The van der Waals surface area contributed by atoms with Gasteiger partial charge in [-0.2, -0.15) is 0 Å². The summed E-state index contributed by atoms with van der Waals surface area (Å²) in [7, 11) is -3.83. The molecule has 6 nitrogen and oxygen atoms in total. The monoisotopic (exact) mass is 451 g/mol. The van der Waals surface area contributed by atoms with Gasteiger partial charge in [0.05, 0.1) is 22.6 Å². The Balaban J connectivity index is 2.15. The van der Waals surface area contributed by atoms with Crippen molar-refractivity contribution in [1.29, 1.82) is 0 Å². The Morgan fingerprint density at radius 3 is 2.38 bits per heavy atom. The van der Waals surface area contributed by atoms with Crippen LogP contribution in [0.15, 0.2) is 76.8 Å².